The molecule has 0 saturated heterocycles. The minimum absolute atomic E-state index is 0.00897. The van der Waals surface area contributed by atoms with E-state index in [1.54, 1.807) is 26.8 Å². The van der Waals surface area contributed by atoms with Crippen molar-refractivity contribution in [3.8, 4) is 5.75 Å². The van der Waals surface area contributed by atoms with E-state index in [4.69, 9.17) is 32.7 Å². The van der Waals surface area contributed by atoms with Crippen LogP contribution in [0.15, 0.2) is 42.5 Å². The van der Waals surface area contributed by atoms with Gasteiger partial charge in [0.1, 0.15) is 34.2 Å². The van der Waals surface area contributed by atoms with E-state index in [0.717, 1.165) is 16.5 Å². The smallest absolute Gasteiger partial charge is 0.407 e. The number of H-pyrrole nitrogens is 1. The van der Waals surface area contributed by atoms with Crippen LogP contribution >= 0.6 is 23.2 Å². The summed E-state index contributed by atoms with van der Waals surface area (Å²) >= 11 is 11.9. The number of anilines is 2. The predicted octanol–water partition coefficient (Wildman–Crippen LogP) is 6.43. The molecule has 0 aliphatic carbocycles. The summed E-state index contributed by atoms with van der Waals surface area (Å²) in [6.45, 7) is 7.40. The number of aromatic amines is 1. The summed E-state index contributed by atoms with van der Waals surface area (Å²) in [5.41, 5.74) is 1.75. The quantitative estimate of drug-likeness (QED) is 0.168. The highest BCUT2D eigenvalue weighted by molar-refractivity contribution is 6.32. The number of benzene rings is 2. The monoisotopic (exact) mass is 560 g/mol. The summed E-state index contributed by atoms with van der Waals surface area (Å²) in [7, 11) is 0. The Bertz CT molecular complexity index is 1440. The van der Waals surface area contributed by atoms with Crippen LogP contribution in [0, 0.1) is 5.82 Å². The maximum Gasteiger partial charge on any atom is 0.407 e. The number of nitrogens with zero attached hydrogens (tertiary/aromatic N) is 3. The fourth-order valence-electron chi connectivity index (χ4n) is 3.66. The van der Waals surface area contributed by atoms with Crippen LogP contribution in [-0.2, 0) is 11.2 Å². The van der Waals surface area contributed by atoms with Crippen LogP contribution in [0.3, 0.4) is 0 Å². The average Bonchev–Trinajstić information content (AvgIpc) is 3.19. The van der Waals surface area contributed by atoms with E-state index in [-0.39, 0.29) is 28.9 Å². The molecular weight excluding hydrogens is 534 g/mol. The second-order valence-electron chi connectivity index (χ2n) is 9.66. The van der Waals surface area contributed by atoms with E-state index in [0.29, 0.717) is 29.4 Å². The van der Waals surface area contributed by atoms with Crippen LogP contribution in [0.2, 0.25) is 10.4 Å². The molecule has 1 amide bonds. The third-order valence-corrected chi connectivity index (χ3v) is 5.58. The first kappa shape index (κ1) is 27.4. The summed E-state index contributed by atoms with van der Waals surface area (Å²) in [6, 6.07) is 11.6. The highest BCUT2D eigenvalue weighted by Gasteiger charge is 2.18. The van der Waals surface area contributed by atoms with Gasteiger partial charge >= 0.3 is 6.09 Å². The van der Waals surface area contributed by atoms with E-state index >= 15 is 0 Å². The lowest BCUT2D eigenvalue weighted by Crippen LogP contribution is -2.37. The number of aromatic nitrogens is 4. The molecule has 0 saturated carbocycles. The molecule has 2 aromatic heterocycles. The maximum absolute atomic E-state index is 14.2. The van der Waals surface area contributed by atoms with E-state index in [1.807, 2.05) is 25.1 Å². The molecule has 1 atom stereocenters. The highest BCUT2D eigenvalue weighted by atomic mass is 35.5. The van der Waals surface area contributed by atoms with Gasteiger partial charge < -0.3 is 20.1 Å². The lowest BCUT2D eigenvalue weighted by Gasteiger charge is -2.22. The second-order valence-corrected chi connectivity index (χ2v) is 10.4. The fraction of sp³-hybridized carbons (Fsp3) is 0.308. The Hall–Kier alpha value is -3.63. The molecule has 1 unspecified atom stereocenters. The molecule has 12 heteroatoms. The molecule has 3 N–H and O–H groups in total. The number of amides is 1. The highest BCUT2D eigenvalue weighted by Crippen LogP contribution is 2.29. The number of rotatable bonds is 8. The Morgan fingerprint density at radius 3 is 2.66 bits per heavy atom. The van der Waals surface area contributed by atoms with Gasteiger partial charge in [0.2, 0.25) is 5.28 Å². The second kappa shape index (κ2) is 11.4. The van der Waals surface area contributed by atoms with Crippen molar-refractivity contribution in [2.45, 2.75) is 45.8 Å². The topological polar surface area (TPSA) is 114 Å². The Morgan fingerprint density at radius 2 is 1.92 bits per heavy atom. The fourth-order valence-corrected chi connectivity index (χ4v) is 4.07. The van der Waals surface area contributed by atoms with Crippen molar-refractivity contribution in [3.05, 3.63) is 69.8 Å². The maximum atomic E-state index is 14.2. The molecule has 2 aromatic carbocycles. The van der Waals surface area contributed by atoms with Gasteiger partial charge in [0, 0.05) is 23.4 Å². The van der Waals surface area contributed by atoms with Gasteiger partial charge in [-0.3, -0.25) is 5.10 Å². The molecule has 2 heterocycles. The van der Waals surface area contributed by atoms with E-state index in [9.17, 15) is 9.18 Å². The number of nitrogens with one attached hydrogen (secondary N) is 3. The molecule has 0 spiro atoms. The predicted molar refractivity (Wildman–Crippen MR) is 145 cm³/mol. The molecule has 4 aromatic rings. The first-order valence-electron chi connectivity index (χ1n) is 11.8. The molecule has 4 rings (SSSR count). The third kappa shape index (κ3) is 7.45. The summed E-state index contributed by atoms with van der Waals surface area (Å²) in [6.07, 6.45) is -0.521. The number of hydrogen-bond acceptors (Lipinski definition) is 7. The average molecular weight is 561 g/mol. The zero-order valence-corrected chi connectivity index (χ0v) is 22.7. The first-order valence-corrected chi connectivity index (χ1v) is 12.6. The largest absolute Gasteiger partial charge is 0.489 e. The van der Waals surface area contributed by atoms with Crippen molar-refractivity contribution in [3.63, 3.8) is 0 Å². The van der Waals surface area contributed by atoms with E-state index in [2.05, 4.69) is 30.8 Å². The molecule has 0 aliphatic rings. The van der Waals surface area contributed by atoms with Gasteiger partial charge in [0.25, 0.3) is 0 Å². The van der Waals surface area contributed by atoms with Crippen LogP contribution in [0.5, 0.6) is 5.75 Å². The van der Waals surface area contributed by atoms with Gasteiger partial charge in [-0.05, 0) is 75.2 Å². The van der Waals surface area contributed by atoms with E-state index in [1.165, 1.54) is 18.2 Å². The van der Waals surface area contributed by atoms with E-state index < -0.39 is 11.7 Å². The van der Waals surface area contributed by atoms with Gasteiger partial charge in [0.05, 0.1) is 12.1 Å². The van der Waals surface area contributed by atoms with Crippen LogP contribution in [0.1, 0.15) is 38.8 Å². The lowest BCUT2D eigenvalue weighted by molar-refractivity contribution is 0.0505. The van der Waals surface area contributed by atoms with Gasteiger partial charge in [-0.2, -0.15) is 5.10 Å². The van der Waals surface area contributed by atoms with Crippen LogP contribution < -0.4 is 15.4 Å². The van der Waals surface area contributed by atoms with Crippen molar-refractivity contribution >= 4 is 51.8 Å². The molecular formula is C26H27Cl2FN6O3. The standard InChI is InChI=1S/C26H27Cl2FN6O3/c1-14(13-30-25(36)38-26(2,3)4)37-20-8-6-17(29)11-16(20)9-15-5-7-19-18(10-15)23(35-34-19)32-22-12-21(27)31-24(28)33-22/h5-8,10-12,14H,9,13H2,1-4H3,(H,30,36)(H2,31,32,33,34,35). The molecule has 38 heavy (non-hydrogen) atoms. The van der Waals surface area contributed by atoms with Crippen LogP contribution in [0.4, 0.5) is 20.8 Å². The Morgan fingerprint density at radius 1 is 1.13 bits per heavy atom. The van der Waals surface area contributed by atoms with Gasteiger partial charge in [-0.1, -0.05) is 17.7 Å². The third-order valence-electron chi connectivity index (χ3n) is 5.22. The van der Waals surface area contributed by atoms with Crippen molar-refractivity contribution in [2.24, 2.45) is 0 Å². The molecule has 9 nitrogen and oxygen atoms in total. The summed E-state index contributed by atoms with van der Waals surface area (Å²) < 4.78 is 25.5. The van der Waals surface area contributed by atoms with Crippen molar-refractivity contribution in [1.82, 2.24) is 25.5 Å². The number of carbonyl (C=O) groups excluding carboxylic acids is 1. The Labute approximate surface area is 229 Å². The van der Waals surface area contributed by atoms with Gasteiger partial charge in [0.15, 0.2) is 5.82 Å². The minimum Gasteiger partial charge on any atom is -0.489 e. The summed E-state index contributed by atoms with van der Waals surface area (Å²) in [5, 5.41) is 14.1. The Kier molecular flexibility index (Phi) is 8.23. The molecule has 0 aliphatic heterocycles. The molecule has 200 valence electrons. The van der Waals surface area contributed by atoms with Gasteiger partial charge in [-0.15, -0.1) is 0 Å². The number of fused-ring (bicyclic) bond motifs is 1. The van der Waals surface area contributed by atoms with Crippen molar-refractivity contribution in [1.29, 1.82) is 0 Å². The van der Waals surface area contributed by atoms with Crippen molar-refractivity contribution < 1.29 is 18.7 Å². The van der Waals surface area contributed by atoms with Gasteiger partial charge in [-0.25, -0.2) is 19.2 Å². The van der Waals surface area contributed by atoms with Crippen molar-refractivity contribution in [2.75, 3.05) is 11.9 Å². The minimum atomic E-state index is -0.599. The first-order chi connectivity index (χ1) is 17.9. The van der Waals surface area contributed by atoms with Crippen LogP contribution in [-0.4, -0.2) is 44.5 Å². The lowest BCUT2D eigenvalue weighted by atomic mass is 10.0. The van der Waals surface area contributed by atoms with Crippen LogP contribution in [0.25, 0.3) is 10.9 Å². The zero-order chi connectivity index (χ0) is 27.4. The molecule has 0 bridgehead atoms. The number of halogens is 3. The Balaban J connectivity index is 1.50. The SMILES string of the molecule is CC(CNC(=O)OC(C)(C)C)Oc1ccc(F)cc1Cc1ccc2[nH]nc(Nc3cc(Cl)nc(Cl)n3)c2c1. The number of carbonyl (C=O) groups is 1. The molecule has 0 fully saturated rings. The number of ether oxygens (including phenoxy) is 2. The number of hydrogen-bond donors (Lipinski definition) is 3. The zero-order valence-electron chi connectivity index (χ0n) is 21.2. The molecule has 0 radical (unpaired) electrons. The number of alkyl carbamates (subject to hydrolysis) is 1. The summed E-state index contributed by atoms with van der Waals surface area (Å²) in [5.74, 6) is 1.05. The summed E-state index contributed by atoms with van der Waals surface area (Å²) in [4.78, 5) is 19.9. The normalized spacial score (nSPS) is 12.3.